The first-order valence-electron chi connectivity index (χ1n) is 10.2. The average Bonchev–Trinajstić information content (AvgIpc) is 2.54. The molecular weight excluding hydrogens is 264 g/mol. The molecule has 22 heavy (non-hydrogen) atoms. The van der Waals surface area contributed by atoms with Crippen LogP contribution in [0.5, 0.6) is 0 Å². The predicted octanol–water partition coefficient (Wildman–Crippen LogP) is 8.26. The fourth-order valence-electron chi connectivity index (χ4n) is 3.30. The number of hydrogen-bond acceptors (Lipinski definition) is 0. The summed E-state index contributed by atoms with van der Waals surface area (Å²) in [4.78, 5) is 0. The first-order chi connectivity index (χ1) is 10.7. The molecule has 0 fully saturated rings. The Morgan fingerprint density at radius 3 is 1.55 bits per heavy atom. The van der Waals surface area contributed by atoms with E-state index in [9.17, 15) is 0 Å². The van der Waals surface area contributed by atoms with Gasteiger partial charge in [0, 0.05) is 0 Å². The zero-order chi connectivity index (χ0) is 16.5. The van der Waals surface area contributed by atoms with E-state index in [1.165, 1.54) is 96.3 Å². The van der Waals surface area contributed by atoms with Gasteiger partial charge in [-0.2, -0.15) is 0 Å². The maximum atomic E-state index is 5.53. The Labute approximate surface area is 142 Å². The van der Waals surface area contributed by atoms with Crippen LogP contribution in [0.4, 0.5) is 0 Å². The Hall–Kier alpha value is -0.260. The molecular formula is C22H43. The average molecular weight is 308 g/mol. The van der Waals surface area contributed by atoms with Gasteiger partial charge in [0.15, 0.2) is 0 Å². The lowest BCUT2D eigenvalue weighted by atomic mass is 9.78. The predicted molar refractivity (Wildman–Crippen MR) is 102 cm³/mol. The maximum absolute atomic E-state index is 5.53. The van der Waals surface area contributed by atoms with Crippen LogP contribution in [-0.2, 0) is 0 Å². The highest BCUT2D eigenvalue weighted by Gasteiger charge is 2.20. The van der Waals surface area contributed by atoms with Crippen LogP contribution in [0.3, 0.4) is 0 Å². The number of rotatable bonds is 17. The van der Waals surface area contributed by atoms with Crippen LogP contribution in [0.2, 0.25) is 0 Å². The largest absolute Gasteiger partial charge is 0.0845 e. The van der Waals surface area contributed by atoms with Gasteiger partial charge < -0.3 is 0 Å². The van der Waals surface area contributed by atoms with Crippen LogP contribution >= 0.6 is 0 Å². The summed E-state index contributed by atoms with van der Waals surface area (Å²) in [5.74, 6) is 0. The lowest BCUT2D eigenvalue weighted by molar-refractivity contribution is 0.252. The van der Waals surface area contributed by atoms with Gasteiger partial charge >= 0.3 is 0 Å². The fraction of sp³-hybridized carbons (Fsp3) is 0.909. The van der Waals surface area contributed by atoms with Crippen molar-refractivity contribution >= 4 is 0 Å². The van der Waals surface area contributed by atoms with Gasteiger partial charge in [-0.05, 0) is 24.7 Å². The summed E-state index contributed by atoms with van der Waals surface area (Å²) in [6.45, 7) is 12.6. The van der Waals surface area contributed by atoms with Crippen LogP contribution in [0.25, 0.3) is 0 Å². The van der Waals surface area contributed by atoms with Crippen molar-refractivity contribution in [3.8, 4) is 0 Å². The zero-order valence-electron chi connectivity index (χ0n) is 16.0. The van der Waals surface area contributed by atoms with E-state index in [2.05, 4.69) is 20.8 Å². The van der Waals surface area contributed by atoms with E-state index in [-0.39, 0.29) is 0 Å². The molecule has 0 aromatic heterocycles. The molecule has 0 aliphatic carbocycles. The van der Waals surface area contributed by atoms with E-state index in [0.717, 1.165) is 6.42 Å². The van der Waals surface area contributed by atoms with Crippen LogP contribution in [0, 0.1) is 12.0 Å². The van der Waals surface area contributed by atoms with Crippen molar-refractivity contribution in [2.45, 2.75) is 124 Å². The third kappa shape index (κ3) is 13.4. The zero-order valence-corrected chi connectivity index (χ0v) is 16.0. The second-order valence-electron chi connectivity index (χ2n) is 7.58. The first kappa shape index (κ1) is 21.7. The molecule has 0 aromatic carbocycles. The lowest BCUT2D eigenvalue weighted by Gasteiger charge is -2.27. The molecule has 1 unspecified atom stereocenters. The number of unbranched alkanes of at least 4 members (excludes halogenated alkanes) is 11. The highest BCUT2D eigenvalue weighted by Crippen LogP contribution is 2.33. The quantitative estimate of drug-likeness (QED) is 0.237. The van der Waals surface area contributed by atoms with Gasteiger partial charge in [-0.25, -0.2) is 0 Å². The normalized spacial score (nSPS) is 14.0. The molecule has 0 heterocycles. The molecule has 0 bridgehead atoms. The second-order valence-corrected chi connectivity index (χ2v) is 7.58. The van der Waals surface area contributed by atoms with Crippen molar-refractivity contribution in [2.75, 3.05) is 0 Å². The minimum Gasteiger partial charge on any atom is -0.0845 e. The summed E-state index contributed by atoms with van der Waals surface area (Å²) in [7, 11) is 0. The molecule has 0 spiro atoms. The van der Waals surface area contributed by atoms with E-state index in [4.69, 9.17) is 6.58 Å². The van der Waals surface area contributed by atoms with Crippen LogP contribution in [-0.4, -0.2) is 0 Å². The first-order valence-corrected chi connectivity index (χ1v) is 10.2. The molecule has 0 amide bonds. The van der Waals surface area contributed by atoms with Gasteiger partial charge in [-0.1, -0.05) is 117 Å². The van der Waals surface area contributed by atoms with Gasteiger partial charge in [0.1, 0.15) is 0 Å². The molecule has 0 saturated carbocycles. The van der Waals surface area contributed by atoms with Crippen molar-refractivity contribution in [1.29, 1.82) is 0 Å². The second kappa shape index (κ2) is 15.6. The van der Waals surface area contributed by atoms with Crippen molar-refractivity contribution in [1.82, 2.24) is 0 Å². The van der Waals surface area contributed by atoms with Gasteiger partial charge in [-0.15, -0.1) is 0 Å². The Morgan fingerprint density at radius 2 is 1.14 bits per heavy atom. The minimum absolute atomic E-state index is 0.522. The molecule has 0 saturated heterocycles. The van der Waals surface area contributed by atoms with Crippen LogP contribution < -0.4 is 0 Å². The fourth-order valence-corrected chi connectivity index (χ4v) is 3.30. The molecule has 1 atom stereocenters. The third-order valence-corrected chi connectivity index (χ3v) is 5.40. The molecule has 0 nitrogen and oxygen atoms in total. The van der Waals surface area contributed by atoms with Crippen molar-refractivity contribution < 1.29 is 0 Å². The van der Waals surface area contributed by atoms with E-state index >= 15 is 0 Å². The van der Waals surface area contributed by atoms with Crippen molar-refractivity contribution in [3.63, 3.8) is 0 Å². The number of hydrogen-bond donors (Lipinski definition) is 0. The van der Waals surface area contributed by atoms with Gasteiger partial charge in [-0.3, -0.25) is 0 Å². The Morgan fingerprint density at radius 1 is 0.682 bits per heavy atom. The molecule has 131 valence electrons. The van der Waals surface area contributed by atoms with Gasteiger partial charge in [0.25, 0.3) is 0 Å². The van der Waals surface area contributed by atoms with Gasteiger partial charge in [0.05, 0.1) is 0 Å². The van der Waals surface area contributed by atoms with Crippen molar-refractivity contribution in [3.05, 3.63) is 12.7 Å². The summed E-state index contributed by atoms with van der Waals surface area (Å²) >= 11 is 0. The van der Waals surface area contributed by atoms with Crippen LogP contribution in [0.1, 0.15) is 124 Å². The summed E-state index contributed by atoms with van der Waals surface area (Å²) in [6, 6.07) is 0. The molecule has 0 heteroatoms. The van der Waals surface area contributed by atoms with E-state index < -0.39 is 0 Å². The Bertz CT molecular complexity index is 230. The Balaban J connectivity index is 3.33. The topological polar surface area (TPSA) is 0 Å². The lowest BCUT2D eigenvalue weighted by Crippen LogP contribution is -2.14. The Kier molecular flexibility index (Phi) is 15.4. The standard InChI is InChI=1S/C22H43/c1-5-8-10-11-12-13-14-15-16-17-18-19-21-22(4,7-3)20-9-6-2/h2,6H,5,7-21H2,1,3-4H3. The minimum atomic E-state index is 0.522. The number of allylic oxidation sites excluding steroid dienone is 1. The van der Waals surface area contributed by atoms with Gasteiger partial charge in [0.2, 0.25) is 0 Å². The molecule has 0 N–H and O–H groups in total. The summed E-state index contributed by atoms with van der Waals surface area (Å²) in [5.41, 5.74) is 0.522. The smallest absolute Gasteiger partial charge is 0.0326 e. The summed E-state index contributed by atoms with van der Waals surface area (Å²) in [5, 5.41) is 0. The maximum Gasteiger partial charge on any atom is -0.0326 e. The molecule has 0 aromatic rings. The van der Waals surface area contributed by atoms with Crippen molar-refractivity contribution in [2.24, 2.45) is 5.41 Å². The van der Waals surface area contributed by atoms with E-state index in [0.29, 0.717) is 5.41 Å². The summed E-state index contributed by atoms with van der Waals surface area (Å²) < 4.78 is 0. The van der Waals surface area contributed by atoms with E-state index in [1.807, 2.05) is 6.08 Å². The van der Waals surface area contributed by atoms with E-state index in [1.54, 1.807) is 0 Å². The van der Waals surface area contributed by atoms with Crippen LogP contribution in [0.15, 0.2) is 6.08 Å². The molecule has 0 aliphatic rings. The SMILES string of the molecule is [CH]=CCCC(C)(CC)CCCCCCCCCCCCCC. The highest BCUT2D eigenvalue weighted by molar-refractivity contribution is 4.76. The monoisotopic (exact) mass is 307 g/mol. The third-order valence-electron chi connectivity index (χ3n) is 5.40. The molecule has 1 radical (unpaired) electrons. The molecule has 0 aliphatic heterocycles. The summed E-state index contributed by atoms with van der Waals surface area (Å²) in [6.07, 6.45) is 24.1. The molecule has 0 rings (SSSR count). The highest BCUT2D eigenvalue weighted by atomic mass is 14.3.